The third-order valence-electron chi connectivity index (χ3n) is 2.73. The molecular weight excluding hydrogens is 293 g/mol. The maximum absolute atomic E-state index is 12.7. The van der Waals surface area contributed by atoms with Gasteiger partial charge in [0, 0.05) is 5.69 Å². The van der Waals surface area contributed by atoms with Crippen LogP contribution < -0.4 is 9.46 Å². The van der Waals surface area contributed by atoms with Crippen LogP contribution in [-0.2, 0) is 10.0 Å². The van der Waals surface area contributed by atoms with Crippen molar-refractivity contribution in [2.24, 2.45) is 0 Å². The number of rotatable bonds is 6. The maximum atomic E-state index is 12.7. The molecule has 1 N–H and O–H groups in total. The summed E-state index contributed by atoms with van der Waals surface area (Å²) in [6, 6.07) is 12.5. The Balaban J connectivity index is 1.88. The first-order valence-electron chi connectivity index (χ1n) is 6.40. The van der Waals surface area contributed by atoms with E-state index in [-0.39, 0.29) is 18.2 Å². The van der Waals surface area contributed by atoms with Crippen molar-refractivity contribution in [1.29, 1.82) is 0 Å². The number of nitrogens with one attached hydrogen (secondary N) is 1. The summed E-state index contributed by atoms with van der Waals surface area (Å²) in [6.45, 7) is 1.88. The van der Waals surface area contributed by atoms with Gasteiger partial charge in [0.15, 0.2) is 0 Å². The predicted molar refractivity (Wildman–Crippen MR) is 80.5 cm³/mol. The van der Waals surface area contributed by atoms with Crippen LogP contribution in [0.1, 0.15) is 5.56 Å². The average molecular weight is 309 g/mol. The molecule has 0 bridgehead atoms. The topological polar surface area (TPSA) is 55.4 Å². The fourth-order valence-corrected chi connectivity index (χ4v) is 2.63. The van der Waals surface area contributed by atoms with Crippen LogP contribution in [0.15, 0.2) is 48.5 Å². The lowest BCUT2D eigenvalue weighted by molar-refractivity contribution is 0.340. The van der Waals surface area contributed by atoms with Crippen LogP contribution in [0.5, 0.6) is 5.75 Å². The van der Waals surface area contributed by atoms with Crippen LogP contribution in [0.25, 0.3) is 0 Å². The first-order chi connectivity index (χ1) is 9.94. The summed E-state index contributed by atoms with van der Waals surface area (Å²) in [5.41, 5.74) is 1.49. The van der Waals surface area contributed by atoms with Gasteiger partial charge in [-0.15, -0.1) is 0 Å². The van der Waals surface area contributed by atoms with E-state index in [1.807, 2.05) is 13.0 Å². The molecule has 0 aliphatic carbocycles. The molecule has 4 nitrogen and oxygen atoms in total. The number of hydrogen-bond acceptors (Lipinski definition) is 3. The van der Waals surface area contributed by atoms with Crippen molar-refractivity contribution in [3.63, 3.8) is 0 Å². The van der Waals surface area contributed by atoms with Gasteiger partial charge < -0.3 is 4.74 Å². The number of aryl methyl sites for hydroxylation is 1. The summed E-state index contributed by atoms with van der Waals surface area (Å²) in [5.74, 6) is -0.114. The quantitative estimate of drug-likeness (QED) is 0.892. The molecule has 0 unspecified atom stereocenters. The molecule has 21 heavy (non-hydrogen) atoms. The first kappa shape index (κ1) is 15.3. The average Bonchev–Trinajstić information content (AvgIpc) is 2.40. The van der Waals surface area contributed by atoms with E-state index in [4.69, 9.17) is 4.74 Å². The molecule has 0 aliphatic heterocycles. The molecule has 0 atom stereocenters. The highest BCUT2D eigenvalue weighted by Crippen LogP contribution is 2.13. The van der Waals surface area contributed by atoms with Crippen molar-refractivity contribution in [3.8, 4) is 5.75 Å². The molecule has 0 saturated heterocycles. The Morgan fingerprint density at radius 2 is 1.86 bits per heavy atom. The molecular formula is C15H16FNO3S. The van der Waals surface area contributed by atoms with Gasteiger partial charge in [0.1, 0.15) is 23.9 Å². The van der Waals surface area contributed by atoms with E-state index < -0.39 is 10.0 Å². The smallest absolute Gasteiger partial charge is 0.236 e. The second-order valence-electron chi connectivity index (χ2n) is 4.59. The zero-order valence-corrected chi connectivity index (χ0v) is 12.4. The number of halogens is 1. The number of benzene rings is 2. The second-order valence-corrected chi connectivity index (χ2v) is 6.43. The Kier molecular flexibility index (Phi) is 4.80. The Morgan fingerprint density at radius 1 is 1.14 bits per heavy atom. The highest BCUT2D eigenvalue weighted by Gasteiger charge is 2.10. The largest absolute Gasteiger partial charge is 0.492 e. The van der Waals surface area contributed by atoms with Crippen molar-refractivity contribution >= 4 is 15.7 Å². The summed E-state index contributed by atoms with van der Waals surface area (Å²) in [5, 5.41) is 0. The van der Waals surface area contributed by atoms with E-state index in [1.165, 1.54) is 24.3 Å². The number of anilines is 1. The standard InChI is InChI=1S/C15H16FNO3S/c1-12-3-2-4-14(11-12)17-21(18,19)10-9-20-15-7-5-13(16)6-8-15/h2-8,11,17H,9-10H2,1H3. The highest BCUT2D eigenvalue weighted by molar-refractivity contribution is 7.92. The van der Waals surface area contributed by atoms with E-state index in [9.17, 15) is 12.8 Å². The van der Waals surface area contributed by atoms with Gasteiger partial charge >= 0.3 is 0 Å². The van der Waals surface area contributed by atoms with Crippen LogP contribution in [0.3, 0.4) is 0 Å². The lowest BCUT2D eigenvalue weighted by atomic mass is 10.2. The summed E-state index contributed by atoms with van der Waals surface area (Å²) >= 11 is 0. The van der Waals surface area contributed by atoms with Crippen molar-refractivity contribution in [2.45, 2.75) is 6.92 Å². The predicted octanol–water partition coefficient (Wildman–Crippen LogP) is 2.95. The Bertz CT molecular complexity index is 699. The zero-order valence-electron chi connectivity index (χ0n) is 11.5. The molecule has 2 aromatic carbocycles. The molecule has 0 aromatic heterocycles. The Morgan fingerprint density at radius 3 is 2.52 bits per heavy atom. The van der Waals surface area contributed by atoms with Crippen LogP contribution in [0.2, 0.25) is 0 Å². The molecule has 0 amide bonds. The number of hydrogen-bond donors (Lipinski definition) is 1. The highest BCUT2D eigenvalue weighted by atomic mass is 32.2. The van der Waals surface area contributed by atoms with Crippen molar-refractivity contribution < 1.29 is 17.5 Å². The van der Waals surface area contributed by atoms with Gasteiger partial charge in [-0.05, 0) is 48.9 Å². The SMILES string of the molecule is Cc1cccc(NS(=O)(=O)CCOc2ccc(F)cc2)c1. The fraction of sp³-hybridized carbons (Fsp3) is 0.200. The summed E-state index contributed by atoms with van der Waals surface area (Å²) in [6.07, 6.45) is 0. The third kappa shape index (κ3) is 5.07. The Labute approximate surface area is 123 Å². The van der Waals surface area contributed by atoms with E-state index in [2.05, 4.69) is 4.72 Å². The van der Waals surface area contributed by atoms with Crippen molar-refractivity contribution in [1.82, 2.24) is 0 Å². The van der Waals surface area contributed by atoms with Gasteiger partial charge in [0.2, 0.25) is 10.0 Å². The molecule has 0 saturated carbocycles. The van der Waals surface area contributed by atoms with Crippen molar-refractivity contribution in [3.05, 3.63) is 59.9 Å². The second kappa shape index (κ2) is 6.58. The molecule has 0 heterocycles. The lowest BCUT2D eigenvalue weighted by Crippen LogP contribution is -2.21. The zero-order chi connectivity index (χ0) is 15.3. The summed E-state index contributed by atoms with van der Waals surface area (Å²) in [7, 11) is -3.48. The van der Waals surface area contributed by atoms with Gasteiger partial charge in [0.05, 0.1) is 0 Å². The molecule has 2 aromatic rings. The first-order valence-corrected chi connectivity index (χ1v) is 8.05. The lowest BCUT2D eigenvalue weighted by Gasteiger charge is -2.09. The third-order valence-corrected chi connectivity index (χ3v) is 3.98. The van der Waals surface area contributed by atoms with Crippen LogP contribution >= 0.6 is 0 Å². The number of ether oxygens (including phenoxy) is 1. The van der Waals surface area contributed by atoms with Gasteiger partial charge in [0.25, 0.3) is 0 Å². The fourth-order valence-electron chi connectivity index (χ4n) is 1.74. The van der Waals surface area contributed by atoms with Gasteiger partial charge in [-0.25, -0.2) is 12.8 Å². The van der Waals surface area contributed by atoms with E-state index in [0.717, 1.165) is 5.56 Å². The molecule has 6 heteroatoms. The number of sulfonamides is 1. The molecule has 0 spiro atoms. The van der Waals surface area contributed by atoms with Gasteiger partial charge in [-0.1, -0.05) is 12.1 Å². The Hall–Kier alpha value is -2.08. The van der Waals surface area contributed by atoms with E-state index in [1.54, 1.807) is 18.2 Å². The minimum absolute atomic E-state index is 0.00716. The van der Waals surface area contributed by atoms with Crippen LogP contribution in [0, 0.1) is 12.7 Å². The van der Waals surface area contributed by atoms with Crippen molar-refractivity contribution in [2.75, 3.05) is 17.1 Å². The summed E-state index contributed by atoms with van der Waals surface area (Å²) < 4.78 is 44.3. The van der Waals surface area contributed by atoms with Crippen LogP contribution in [-0.4, -0.2) is 20.8 Å². The monoisotopic (exact) mass is 309 g/mol. The van der Waals surface area contributed by atoms with Gasteiger partial charge in [-0.3, -0.25) is 4.72 Å². The maximum Gasteiger partial charge on any atom is 0.236 e. The molecule has 112 valence electrons. The minimum Gasteiger partial charge on any atom is -0.492 e. The van der Waals surface area contributed by atoms with Crippen LogP contribution in [0.4, 0.5) is 10.1 Å². The minimum atomic E-state index is -3.48. The molecule has 2 rings (SSSR count). The van der Waals surface area contributed by atoms with Gasteiger partial charge in [-0.2, -0.15) is 0 Å². The molecule has 0 fully saturated rings. The summed E-state index contributed by atoms with van der Waals surface area (Å²) in [4.78, 5) is 0. The van der Waals surface area contributed by atoms with E-state index in [0.29, 0.717) is 11.4 Å². The normalized spacial score (nSPS) is 11.1. The molecule has 0 radical (unpaired) electrons. The van der Waals surface area contributed by atoms with E-state index >= 15 is 0 Å². The molecule has 0 aliphatic rings.